The molecule has 0 radical (unpaired) electrons. The van der Waals surface area contributed by atoms with Crippen molar-refractivity contribution < 1.29 is 21.6 Å². The first-order valence-electron chi connectivity index (χ1n) is 6.06. The van der Waals surface area contributed by atoms with Gasteiger partial charge in [-0.15, -0.1) is 0 Å². The van der Waals surface area contributed by atoms with Crippen molar-refractivity contribution >= 4 is 15.9 Å². The number of amidine groups is 1. The van der Waals surface area contributed by atoms with Gasteiger partial charge in [0.25, 0.3) is 0 Å². The molecule has 0 aromatic heterocycles. The minimum Gasteiger partial charge on any atom is -0.384 e. The van der Waals surface area contributed by atoms with E-state index in [0.29, 0.717) is 11.1 Å². The lowest BCUT2D eigenvalue weighted by molar-refractivity contribution is -0.134. The van der Waals surface area contributed by atoms with Crippen molar-refractivity contribution in [2.24, 2.45) is 5.73 Å². The normalized spacial score (nSPS) is 12.3. The molecular weight excluding hydrogens is 307 g/mol. The Labute approximate surface area is 120 Å². The first kappa shape index (κ1) is 17.4. The van der Waals surface area contributed by atoms with E-state index >= 15 is 0 Å². The lowest BCUT2D eigenvalue weighted by atomic mass is 10.1. The number of benzene rings is 1. The average molecular weight is 323 g/mol. The number of hydrogen-bond donors (Lipinski definition) is 3. The van der Waals surface area contributed by atoms with Crippen molar-refractivity contribution in [1.82, 2.24) is 4.72 Å². The molecule has 0 saturated heterocycles. The highest BCUT2D eigenvalue weighted by molar-refractivity contribution is 7.89. The minimum atomic E-state index is -4.36. The van der Waals surface area contributed by atoms with Crippen molar-refractivity contribution in [3.8, 4) is 0 Å². The monoisotopic (exact) mass is 323 g/mol. The summed E-state index contributed by atoms with van der Waals surface area (Å²) in [5, 5.41) is 7.27. The van der Waals surface area contributed by atoms with Crippen LogP contribution in [0.5, 0.6) is 0 Å². The number of hydrogen-bond acceptors (Lipinski definition) is 3. The second kappa shape index (κ2) is 6.90. The molecule has 0 aliphatic carbocycles. The predicted octanol–water partition coefficient (Wildman–Crippen LogP) is 1.73. The van der Waals surface area contributed by atoms with Gasteiger partial charge in [-0.1, -0.05) is 18.2 Å². The van der Waals surface area contributed by atoms with Gasteiger partial charge in [0.1, 0.15) is 5.84 Å². The molecule has 1 aromatic carbocycles. The van der Waals surface area contributed by atoms with Gasteiger partial charge in [0.2, 0.25) is 10.0 Å². The highest BCUT2D eigenvalue weighted by Gasteiger charge is 2.27. The van der Waals surface area contributed by atoms with E-state index in [1.807, 2.05) is 0 Å². The van der Waals surface area contributed by atoms with E-state index < -0.39 is 34.8 Å². The zero-order valence-electron chi connectivity index (χ0n) is 11.1. The summed E-state index contributed by atoms with van der Waals surface area (Å²) >= 11 is 0. The summed E-state index contributed by atoms with van der Waals surface area (Å²) in [7, 11) is -3.77. The predicted molar refractivity (Wildman–Crippen MR) is 73.4 cm³/mol. The number of nitrogens with one attached hydrogen (secondary N) is 2. The van der Waals surface area contributed by atoms with Crippen LogP contribution < -0.4 is 10.5 Å². The summed E-state index contributed by atoms with van der Waals surface area (Å²) in [6, 6.07) is 6.39. The van der Waals surface area contributed by atoms with E-state index in [4.69, 9.17) is 11.1 Å². The topological polar surface area (TPSA) is 96.0 Å². The molecule has 21 heavy (non-hydrogen) atoms. The molecule has 118 valence electrons. The van der Waals surface area contributed by atoms with Gasteiger partial charge in [0.15, 0.2) is 0 Å². The van der Waals surface area contributed by atoms with E-state index in [9.17, 15) is 21.6 Å². The van der Waals surface area contributed by atoms with Crippen molar-refractivity contribution in [3.63, 3.8) is 0 Å². The van der Waals surface area contributed by atoms with E-state index in [1.54, 1.807) is 24.3 Å². The fourth-order valence-corrected chi connectivity index (χ4v) is 2.63. The van der Waals surface area contributed by atoms with Crippen LogP contribution in [0, 0.1) is 5.41 Å². The quantitative estimate of drug-likeness (QED) is 0.527. The molecule has 0 aliphatic rings. The Hall–Kier alpha value is -1.61. The number of alkyl halides is 3. The van der Waals surface area contributed by atoms with E-state index in [-0.39, 0.29) is 12.4 Å². The van der Waals surface area contributed by atoms with Crippen LogP contribution in [0.25, 0.3) is 0 Å². The summed E-state index contributed by atoms with van der Waals surface area (Å²) in [4.78, 5) is 0. The molecule has 0 fully saturated rings. The molecular formula is C12H16F3N3O2S. The Morgan fingerprint density at radius 2 is 2.00 bits per heavy atom. The van der Waals surface area contributed by atoms with Crippen LogP contribution >= 0.6 is 0 Å². The summed E-state index contributed by atoms with van der Waals surface area (Å²) < 4.78 is 61.2. The Bertz CT molecular complexity index is 600. The van der Waals surface area contributed by atoms with E-state index in [2.05, 4.69) is 4.72 Å². The number of rotatable bonds is 7. The number of nitrogen functional groups attached to an aromatic ring is 1. The molecule has 1 aromatic rings. The summed E-state index contributed by atoms with van der Waals surface area (Å²) in [5.41, 5.74) is 6.33. The second-order valence-electron chi connectivity index (χ2n) is 4.47. The lowest BCUT2D eigenvalue weighted by Crippen LogP contribution is -2.27. The molecule has 0 aliphatic heterocycles. The molecule has 9 heteroatoms. The van der Waals surface area contributed by atoms with Crippen molar-refractivity contribution in [2.75, 3.05) is 5.75 Å². The summed E-state index contributed by atoms with van der Waals surface area (Å²) in [5.74, 6) is -0.733. The van der Waals surface area contributed by atoms with Crippen LogP contribution in [0.2, 0.25) is 0 Å². The molecule has 0 spiro atoms. The van der Waals surface area contributed by atoms with Crippen LogP contribution in [0.15, 0.2) is 24.3 Å². The molecule has 4 N–H and O–H groups in total. The first-order chi connectivity index (χ1) is 9.59. The van der Waals surface area contributed by atoms with Crippen LogP contribution in [-0.2, 0) is 16.6 Å². The number of nitrogens with two attached hydrogens (primary N) is 1. The smallest absolute Gasteiger partial charge is 0.384 e. The zero-order valence-corrected chi connectivity index (χ0v) is 11.9. The molecule has 0 heterocycles. The second-order valence-corrected chi connectivity index (χ2v) is 6.40. The largest absolute Gasteiger partial charge is 0.389 e. The van der Waals surface area contributed by atoms with E-state index in [1.165, 1.54) is 0 Å². The van der Waals surface area contributed by atoms with Gasteiger partial charge in [-0.2, -0.15) is 13.2 Å². The van der Waals surface area contributed by atoms with Gasteiger partial charge in [-0.3, -0.25) is 5.41 Å². The minimum absolute atomic E-state index is 0.0600. The maximum absolute atomic E-state index is 12.0. The van der Waals surface area contributed by atoms with Gasteiger partial charge >= 0.3 is 6.18 Å². The SMILES string of the molecule is N=C(N)c1cccc(CNS(=O)(=O)CCCC(F)(F)F)c1. The fraction of sp³-hybridized carbons (Fsp3) is 0.417. The zero-order chi connectivity index (χ0) is 16.1. The summed E-state index contributed by atoms with van der Waals surface area (Å²) in [6.45, 7) is -0.0600. The van der Waals surface area contributed by atoms with Gasteiger partial charge in [-0.25, -0.2) is 13.1 Å². The number of sulfonamides is 1. The fourth-order valence-electron chi connectivity index (χ4n) is 1.58. The Morgan fingerprint density at radius 3 is 2.57 bits per heavy atom. The van der Waals surface area contributed by atoms with Crippen LogP contribution in [0.4, 0.5) is 13.2 Å². The van der Waals surface area contributed by atoms with Crippen molar-refractivity contribution in [1.29, 1.82) is 5.41 Å². The standard InChI is InChI=1S/C12H16F3N3O2S/c13-12(14,15)5-2-6-21(19,20)18-8-9-3-1-4-10(7-9)11(16)17/h1,3-4,7,18H,2,5-6,8H2,(H3,16,17). The molecule has 0 unspecified atom stereocenters. The van der Waals surface area contributed by atoms with Crippen LogP contribution in [-0.4, -0.2) is 26.2 Å². The highest BCUT2D eigenvalue weighted by Crippen LogP contribution is 2.21. The molecule has 5 nitrogen and oxygen atoms in total. The maximum atomic E-state index is 12.0. The molecule has 1 rings (SSSR count). The molecule has 0 amide bonds. The Kier molecular flexibility index (Phi) is 5.73. The first-order valence-corrected chi connectivity index (χ1v) is 7.72. The number of halogens is 3. The highest BCUT2D eigenvalue weighted by atomic mass is 32.2. The van der Waals surface area contributed by atoms with Gasteiger partial charge < -0.3 is 5.73 Å². The molecule has 0 saturated carbocycles. The Morgan fingerprint density at radius 1 is 1.33 bits per heavy atom. The third kappa shape index (κ3) is 7.09. The van der Waals surface area contributed by atoms with Gasteiger partial charge in [-0.05, 0) is 18.1 Å². The van der Waals surface area contributed by atoms with Gasteiger partial charge in [0.05, 0.1) is 5.75 Å². The maximum Gasteiger partial charge on any atom is 0.389 e. The van der Waals surface area contributed by atoms with Crippen LogP contribution in [0.3, 0.4) is 0 Å². The Balaban J connectivity index is 2.53. The molecule has 0 atom stereocenters. The third-order valence-corrected chi connectivity index (χ3v) is 4.02. The average Bonchev–Trinajstić information content (AvgIpc) is 2.35. The van der Waals surface area contributed by atoms with Crippen molar-refractivity contribution in [3.05, 3.63) is 35.4 Å². The van der Waals surface area contributed by atoms with Crippen molar-refractivity contribution in [2.45, 2.75) is 25.6 Å². The lowest BCUT2D eigenvalue weighted by Gasteiger charge is -2.09. The molecule has 0 bridgehead atoms. The summed E-state index contributed by atoms with van der Waals surface area (Å²) in [6.07, 6.45) is -5.97. The third-order valence-electron chi connectivity index (χ3n) is 2.61. The van der Waals surface area contributed by atoms with E-state index in [0.717, 1.165) is 0 Å². The van der Waals surface area contributed by atoms with Crippen LogP contribution in [0.1, 0.15) is 24.0 Å². The van der Waals surface area contributed by atoms with Gasteiger partial charge in [0, 0.05) is 18.5 Å².